The average Bonchev–Trinajstić information content (AvgIpc) is 4.34. The lowest BCUT2D eigenvalue weighted by Crippen LogP contribution is -2.17. The van der Waals surface area contributed by atoms with E-state index in [4.69, 9.17) is 29.9 Å². The number of hydrogen-bond donors (Lipinski definition) is 0. The van der Waals surface area contributed by atoms with Crippen LogP contribution in [0.2, 0.25) is 0 Å². The van der Waals surface area contributed by atoms with Crippen molar-refractivity contribution in [3.8, 4) is 62.7 Å². The van der Waals surface area contributed by atoms with Crippen molar-refractivity contribution in [1.29, 1.82) is 5.26 Å². The van der Waals surface area contributed by atoms with Crippen LogP contribution < -0.4 is 0 Å². The van der Waals surface area contributed by atoms with Crippen LogP contribution in [-0.2, 0) is 0 Å². The molecular weight excluding hydrogens is 959 g/mol. The van der Waals surface area contributed by atoms with E-state index in [9.17, 15) is 5.26 Å². The number of hydrogen-bond acceptors (Lipinski definition) is 7. The van der Waals surface area contributed by atoms with Gasteiger partial charge in [-0.3, -0.25) is 19.9 Å². The molecule has 16 aromatic rings. The van der Waals surface area contributed by atoms with Crippen molar-refractivity contribution in [2.24, 2.45) is 0 Å². The number of aromatic nitrogens is 10. The highest BCUT2D eigenvalue weighted by Crippen LogP contribution is 2.51. The predicted octanol–water partition coefficient (Wildman–Crippen LogP) is 15.3. The maximum absolute atomic E-state index is 12.9. The Morgan fingerprint density at radius 3 is 1.01 bits per heavy atom. The van der Waals surface area contributed by atoms with Crippen LogP contribution in [0.3, 0.4) is 0 Å². The second-order valence-corrected chi connectivity index (χ2v) is 19.4. The Bertz CT molecular complexity index is 4900. The fourth-order valence-electron chi connectivity index (χ4n) is 12.2. The van der Waals surface area contributed by atoms with E-state index in [0.717, 1.165) is 121 Å². The van der Waals surface area contributed by atoms with Gasteiger partial charge < -0.3 is 18.3 Å². The molecule has 9 aromatic heterocycles. The fraction of sp³-hybridized carbons (Fsp3) is 0. The normalized spacial score (nSPS) is 11.8. The molecule has 0 atom stereocenters. The first-order valence-electron chi connectivity index (χ1n) is 25.7. The van der Waals surface area contributed by atoms with Crippen molar-refractivity contribution in [3.05, 3.63) is 243 Å². The molecule has 7 aromatic carbocycles. The number of nitrogens with zero attached hydrogens (tertiary/aromatic N) is 11. The summed E-state index contributed by atoms with van der Waals surface area (Å²) in [6, 6.07) is 67.5. The van der Waals surface area contributed by atoms with Gasteiger partial charge in [0.2, 0.25) is 0 Å². The van der Waals surface area contributed by atoms with E-state index in [2.05, 4.69) is 170 Å². The molecule has 0 N–H and O–H groups in total. The molecule has 78 heavy (non-hydrogen) atoms. The molecule has 0 aliphatic rings. The minimum absolute atomic E-state index is 0.389. The molecule has 9 heterocycles. The lowest BCUT2D eigenvalue weighted by atomic mass is 9.96. The molecule has 11 nitrogen and oxygen atoms in total. The third kappa shape index (κ3) is 6.19. The van der Waals surface area contributed by atoms with E-state index < -0.39 is 0 Å². The van der Waals surface area contributed by atoms with Crippen molar-refractivity contribution in [2.75, 3.05) is 0 Å². The van der Waals surface area contributed by atoms with E-state index in [0.29, 0.717) is 28.3 Å². The van der Waals surface area contributed by atoms with Crippen LogP contribution in [0.15, 0.2) is 238 Å². The van der Waals surface area contributed by atoms with E-state index >= 15 is 0 Å². The summed E-state index contributed by atoms with van der Waals surface area (Å²) < 4.78 is 9.22. The summed E-state index contributed by atoms with van der Waals surface area (Å²) in [4.78, 5) is 30.5. The molecular formula is C67H39N11. The number of pyridine rings is 4. The summed E-state index contributed by atoms with van der Waals surface area (Å²) in [6.45, 7) is 0. The number of nitriles is 1. The molecule has 0 unspecified atom stereocenters. The molecule has 0 spiro atoms. The largest absolute Gasteiger partial charge is 0.307 e. The SMILES string of the molecule is N#Cc1c(-n2c3ccccc3c3cnccc32)c(-c2nc(-c3ccccc3)cc(-c3ccccc3)n2)c(-n2c3ccccc3c3cnccc32)c(-n2c3ccccc3c3cnccc32)c1-n1c2ccccc2c2cnccc21. The zero-order valence-electron chi connectivity index (χ0n) is 41.4. The lowest BCUT2D eigenvalue weighted by Gasteiger charge is -2.29. The van der Waals surface area contributed by atoms with E-state index in [1.54, 1.807) is 0 Å². The molecule has 0 aliphatic heterocycles. The number of rotatable bonds is 7. The highest BCUT2D eigenvalue weighted by molar-refractivity contribution is 6.16. The highest BCUT2D eigenvalue weighted by Gasteiger charge is 2.36. The van der Waals surface area contributed by atoms with Crippen LogP contribution in [0.4, 0.5) is 0 Å². The Morgan fingerprint density at radius 2 is 0.628 bits per heavy atom. The molecule has 16 rings (SSSR count). The Hall–Kier alpha value is -11.1. The topological polar surface area (TPSA) is 121 Å². The Labute approximate surface area is 444 Å². The monoisotopic (exact) mass is 997 g/mol. The Morgan fingerprint density at radius 1 is 0.308 bits per heavy atom. The van der Waals surface area contributed by atoms with Crippen molar-refractivity contribution in [2.45, 2.75) is 0 Å². The van der Waals surface area contributed by atoms with Crippen molar-refractivity contribution >= 4 is 87.2 Å². The van der Waals surface area contributed by atoms with E-state index in [1.165, 1.54) is 0 Å². The van der Waals surface area contributed by atoms with Gasteiger partial charge in [0.1, 0.15) is 11.6 Å². The van der Waals surface area contributed by atoms with Crippen molar-refractivity contribution in [3.63, 3.8) is 0 Å². The zero-order chi connectivity index (χ0) is 51.4. The molecule has 0 saturated heterocycles. The number of fused-ring (bicyclic) bond motifs is 12. The van der Waals surface area contributed by atoms with Crippen LogP contribution >= 0.6 is 0 Å². The van der Waals surface area contributed by atoms with Gasteiger partial charge in [-0.05, 0) is 54.6 Å². The molecule has 11 heteroatoms. The van der Waals surface area contributed by atoms with Gasteiger partial charge in [-0.1, -0.05) is 133 Å². The van der Waals surface area contributed by atoms with Crippen LogP contribution in [0.5, 0.6) is 0 Å². The quantitative estimate of drug-likeness (QED) is 0.156. The summed E-state index contributed by atoms with van der Waals surface area (Å²) in [7, 11) is 0. The van der Waals surface area contributed by atoms with Gasteiger partial charge in [0.25, 0.3) is 0 Å². The van der Waals surface area contributed by atoms with E-state index in [1.807, 2.05) is 92.0 Å². The fourth-order valence-corrected chi connectivity index (χ4v) is 12.2. The molecule has 0 saturated carbocycles. The van der Waals surface area contributed by atoms with Gasteiger partial charge in [-0.15, -0.1) is 0 Å². The summed E-state index contributed by atoms with van der Waals surface area (Å²) in [6.07, 6.45) is 15.1. The molecule has 0 radical (unpaired) electrons. The lowest BCUT2D eigenvalue weighted by molar-refractivity contribution is 1.02. The van der Waals surface area contributed by atoms with E-state index in [-0.39, 0.29) is 0 Å². The molecule has 0 aliphatic carbocycles. The van der Waals surface area contributed by atoms with Crippen LogP contribution in [0.1, 0.15) is 5.56 Å². The standard InChI is InChI=1S/C67H39N11/c68-36-47-63(75-54-23-11-7-19-43(54)48-37-69-31-27-58(48)75)62(67-73-52(41-15-3-1-4-16-41)35-53(74-67)42-17-5-2-6-18-42)65(77-56-25-13-9-21-45(56)50-39-71-33-29-60(50)77)66(78-57-26-14-10-22-46(57)51-40-72-34-30-61(51)78)64(47)76-55-24-12-8-20-44(55)49-38-70-32-28-59(49)76/h1-35,37-40H. The number of benzene rings is 7. The highest BCUT2D eigenvalue weighted by atomic mass is 15.1. The van der Waals surface area contributed by atoms with Gasteiger partial charge in [-0.25, -0.2) is 9.97 Å². The van der Waals surface area contributed by atoms with Crippen LogP contribution in [0.25, 0.3) is 144 Å². The molecule has 0 bridgehead atoms. The first kappa shape index (κ1) is 43.3. The third-order valence-corrected chi connectivity index (χ3v) is 15.4. The van der Waals surface area contributed by atoms with Crippen molar-refractivity contribution < 1.29 is 0 Å². The molecule has 362 valence electrons. The summed E-state index contributed by atoms with van der Waals surface area (Å²) >= 11 is 0. The van der Waals surface area contributed by atoms with Gasteiger partial charge in [0.15, 0.2) is 5.82 Å². The Kier molecular flexibility index (Phi) is 9.43. The minimum Gasteiger partial charge on any atom is -0.307 e. The predicted molar refractivity (Wildman–Crippen MR) is 312 cm³/mol. The van der Waals surface area contributed by atoms with Crippen LogP contribution in [0, 0.1) is 11.3 Å². The second kappa shape index (κ2) is 17.0. The summed E-state index contributed by atoms with van der Waals surface area (Å²) in [5.41, 5.74) is 14.1. The summed E-state index contributed by atoms with van der Waals surface area (Å²) in [5, 5.41) is 20.6. The molecule has 0 fully saturated rings. The molecule has 0 amide bonds. The average molecular weight is 998 g/mol. The number of para-hydroxylation sites is 4. The smallest absolute Gasteiger partial charge is 0.164 e. The summed E-state index contributed by atoms with van der Waals surface area (Å²) in [5.74, 6) is 0.415. The zero-order valence-corrected chi connectivity index (χ0v) is 41.4. The first-order valence-corrected chi connectivity index (χ1v) is 25.7. The van der Waals surface area contributed by atoms with Gasteiger partial charge >= 0.3 is 0 Å². The maximum Gasteiger partial charge on any atom is 0.164 e. The maximum atomic E-state index is 12.9. The second-order valence-electron chi connectivity index (χ2n) is 19.4. The minimum atomic E-state index is 0.389. The van der Waals surface area contributed by atoms with Gasteiger partial charge in [0, 0.05) is 104 Å². The Balaban J connectivity index is 1.27. The van der Waals surface area contributed by atoms with Gasteiger partial charge in [0.05, 0.1) is 83.8 Å². The first-order chi connectivity index (χ1) is 38.7. The van der Waals surface area contributed by atoms with Crippen molar-refractivity contribution in [1.82, 2.24) is 48.2 Å². The third-order valence-electron chi connectivity index (χ3n) is 15.4. The van der Waals surface area contributed by atoms with Gasteiger partial charge in [-0.2, -0.15) is 5.26 Å². The van der Waals surface area contributed by atoms with Crippen LogP contribution in [-0.4, -0.2) is 48.2 Å².